The smallest absolute Gasteiger partial charge is 0.238 e. The van der Waals surface area contributed by atoms with Gasteiger partial charge in [0.1, 0.15) is 5.25 Å². The van der Waals surface area contributed by atoms with Crippen LogP contribution in [-0.4, -0.2) is 22.6 Å². The Balaban J connectivity index is 1.56. The zero-order valence-corrected chi connectivity index (χ0v) is 11.3. The average Bonchev–Trinajstić information content (AvgIpc) is 2.48. The molecule has 1 atom stereocenters. The Labute approximate surface area is 117 Å². The fraction of sp³-hybridized carbons (Fsp3) is 0.188. The van der Waals surface area contributed by atoms with Crippen molar-refractivity contribution < 1.29 is 4.79 Å². The molecule has 1 fully saturated rings. The molecule has 0 aromatic heterocycles. The largest absolute Gasteiger partial charge is 0.336 e. The molecule has 2 aromatic carbocycles. The van der Waals surface area contributed by atoms with E-state index in [9.17, 15) is 4.79 Å². The molecule has 19 heavy (non-hydrogen) atoms. The van der Waals surface area contributed by atoms with Gasteiger partial charge in [0.2, 0.25) is 5.91 Å². The van der Waals surface area contributed by atoms with Crippen LogP contribution in [0.3, 0.4) is 0 Å². The molecule has 2 aromatic rings. The lowest BCUT2D eigenvalue weighted by atomic mass is 10.1. The molecule has 1 saturated heterocycles. The lowest BCUT2D eigenvalue weighted by Crippen LogP contribution is -2.53. The van der Waals surface area contributed by atoms with Crippen LogP contribution in [0.4, 0.5) is 0 Å². The summed E-state index contributed by atoms with van der Waals surface area (Å²) in [5, 5.41) is 0.0890. The number of carbonyl (C=O) groups excluding carboxylic acids is 1. The standard InChI is InChI=1S/C16H15NOS/c18-16-15(19-14-9-5-2-6-10-14)12-17(16)11-13-7-3-1-4-8-13/h1-10,15H,11-12H2. The lowest BCUT2D eigenvalue weighted by Gasteiger charge is -2.38. The summed E-state index contributed by atoms with van der Waals surface area (Å²) in [5.74, 6) is 0.248. The fourth-order valence-electron chi connectivity index (χ4n) is 2.16. The van der Waals surface area contributed by atoms with E-state index in [1.165, 1.54) is 10.5 Å². The van der Waals surface area contributed by atoms with Gasteiger partial charge in [0.05, 0.1) is 0 Å². The van der Waals surface area contributed by atoms with Crippen molar-refractivity contribution in [3.63, 3.8) is 0 Å². The zero-order valence-electron chi connectivity index (χ0n) is 10.5. The molecule has 96 valence electrons. The van der Waals surface area contributed by atoms with Gasteiger partial charge < -0.3 is 4.90 Å². The minimum absolute atomic E-state index is 0.0890. The van der Waals surface area contributed by atoms with Crippen molar-refractivity contribution in [3.8, 4) is 0 Å². The number of β-lactam (4-membered cyclic amide) rings is 1. The van der Waals surface area contributed by atoms with Crippen LogP contribution in [-0.2, 0) is 11.3 Å². The van der Waals surface area contributed by atoms with Crippen molar-refractivity contribution >= 4 is 17.7 Å². The molecule has 1 heterocycles. The van der Waals surface area contributed by atoms with Crippen LogP contribution in [0.15, 0.2) is 65.6 Å². The minimum Gasteiger partial charge on any atom is -0.336 e. The monoisotopic (exact) mass is 269 g/mol. The van der Waals surface area contributed by atoms with Crippen LogP contribution in [0.2, 0.25) is 0 Å². The van der Waals surface area contributed by atoms with Gasteiger partial charge in [-0.1, -0.05) is 48.5 Å². The van der Waals surface area contributed by atoms with E-state index in [1.807, 2.05) is 41.3 Å². The highest BCUT2D eigenvalue weighted by Gasteiger charge is 2.36. The number of benzene rings is 2. The van der Waals surface area contributed by atoms with Gasteiger partial charge in [-0.05, 0) is 17.7 Å². The van der Waals surface area contributed by atoms with Crippen LogP contribution < -0.4 is 0 Å². The van der Waals surface area contributed by atoms with E-state index >= 15 is 0 Å². The van der Waals surface area contributed by atoms with Crippen LogP contribution in [0, 0.1) is 0 Å². The highest BCUT2D eigenvalue weighted by Crippen LogP contribution is 2.31. The van der Waals surface area contributed by atoms with E-state index in [0.29, 0.717) is 0 Å². The molecule has 3 heteroatoms. The second-order valence-corrected chi connectivity index (χ2v) is 5.90. The van der Waals surface area contributed by atoms with Crippen molar-refractivity contribution in [3.05, 3.63) is 66.2 Å². The summed E-state index contributed by atoms with van der Waals surface area (Å²) in [5.41, 5.74) is 1.19. The van der Waals surface area contributed by atoms with Crippen molar-refractivity contribution in [2.75, 3.05) is 6.54 Å². The third-order valence-electron chi connectivity index (χ3n) is 3.21. The van der Waals surface area contributed by atoms with Gasteiger partial charge in [0.15, 0.2) is 0 Å². The quantitative estimate of drug-likeness (QED) is 0.795. The molecular weight excluding hydrogens is 254 g/mol. The molecule has 0 N–H and O–H groups in total. The molecule has 0 saturated carbocycles. The summed E-state index contributed by atoms with van der Waals surface area (Å²) < 4.78 is 0. The molecule has 0 bridgehead atoms. The van der Waals surface area contributed by atoms with Crippen molar-refractivity contribution in [1.82, 2.24) is 4.90 Å². The van der Waals surface area contributed by atoms with Gasteiger partial charge in [-0.3, -0.25) is 4.79 Å². The third kappa shape index (κ3) is 2.82. The Morgan fingerprint density at radius 1 is 1.00 bits per heavy atom. The van der Waals surface area contributed by atoms with Gasteiger partial charge in [-0.15, -0.1) is 11.8 Å². The van der Waals surface area contributed by atoms with E-state index in [-0.39, 0.29) is 11.2 Å². The van der Waals surface area contributed by atoms with Gasteiger partial charge in [-0.25, -0.2) is 0 Å². The Hall–Kier alpha value is -1.74. The van der Waals surface area contributed by atoms with Crippen LogP contribution >= 0.6 is 11.8 Å². The summed E-state index contributed by atoms with van der Waals surface area (Å²) >= 11 is 1.66. The maximum atomic E-state index is 12.1. The Bertz CT molecular complexity index is 506. The summed E-state index contributed by atoms with van der Waals surface area (Å²) in [7, 11) is 0. The molecule has 1 amide bonds. The fourth-order valence-corrected chi connectivity index (χ4v) is 3.30. The van der Waals surface area contributed by atoms with Crippen molar-refractivity contribution in [1.29, 1.82) is 0 Å². The Morgan fingerprint density at radius 3 is 2.26 bits per heavy atom. The predicted molar refractivity (Wildman–Crippen MR) is 77.9 cm³/mol. The molecule has 2 nitrogen and oxygen atoms in total. The predicted octanol–water partition coefficient (Wildman–Crippen LogP) is 3.19. The molecular formula is C16H15NOS. The van der Waals surface area contributed by atoms with Gasteiger partial charge in [-0.2, -0.15) is 0 Å². The second-order valence-electron chi connectivity index (χ2n) is 4.62. The van der Waals surface area contributed by atoms with Crippen LogP contribution in [0.1, 0.15) is 5.56 Å². The molecule has 0 aliphatic carbocycles. The first-order chi connectivity index (χ1) is 9.33. The lowest BCUT2D eigenvalue weighted by molar-refractivity contribution is -0.139. The molecule has 1 aliphatic rings. The average molecular weight is 269 g/mol. The topological polar surface area (TPSA) is 20.3 Å². The van der Waals surface area contributed by atoms with Crippen LogP contribution in [0.25, 0.3) is 0 Å². The maximum Gasteiger partial charge on any atom is 0.238 e. The maximum absolute atomic E-state index is 12.1. The first kappa shape index (κ1) is 12.3. The van der Waals surface area contributed by atoms with Gasteiger partial charge >= 0.3 is 0 Å². The highest BCUT2D eigenvalue weighted by molar-refractivity contribution is 8.00. The summed E-state index contributed by atoms with van der Waals surface area (Å²) in [6.07, 6.45) is 0. The van der Waals surface area contributed by atoms with Gasteiger partial charge in [0.25, 0.3) is 0 Å². The zero-order chi connectivity index (χ0) is 13.1. The molecule has 1 aliphatic heterocycles. The first-order valence-corrected chi connectivity index (χ1v) is 7.25. The van der Waals surface area contributed by atoms with E-state index in [2.05, 4.69) is 24.3 Å². The summed E-state index contributed by atoms with van der Waals surface area (Å²) in [4.78, 5) is 15.2. The van der Waals surface area contributed by atoms with Crippen molar-refractivity contribution in [2.24, 2.45) is 0 Å². The summed E-state index contributed by atoms with van der Waals surface area (Å²) in [6.45, 7) is 1.57. The number of likely N-dealkylation sites (tertiary alicyclic amines) is 1. The SMILES string of the molecule is O=C1C(Sc2ccccc2)CN1Cc1ccccc1. The number of carbonyl (C=O) groups is 1. The van der Waals surface area contributed by atoms with Gasteiger partial charge in [0, 0.05) is 18.0 Å². The molecule has 3 rings (SSSR count). The van der Waals surface area contributed by atoms with Crippen LogP contribution in [0.5, 0.6) is 0 Å². The minimum atomic E-state index is 0.0890. The molecule has 0 spiro atoms. The number of nitrogens with zero attached hydrogens (tertiary/aromatic N) is 1. The van der Waals surface area contributed by atoms with E-state index in [4.69, 9.17) is 0 Å². The molecule has 1 unspecified atom stereocenters. The first-order valence-electron chi connectivity index (χ1n) is 6.37. The Morgan fingerprint density at radius 2 is 1.63 bits per heavy atom. The number of amides is 1. The number of rotatable bonds is 4. The van der Waals surface area contributed by atoms with E-state index < -0.39 is 0 Å². The molecule has 0 radical (unpaired) electrons. The second kappa shape index (κ2) is 5.49. The number of hydrogen-bond acceptors (Lipinski definition) is 2. The normalized spacial score (nSPS) is 18.2. The summed E-state index contributed by atoms with van der Waals surface area (Å²) in [6, 6.07) is 20.3. The number of hydrogen-bond donors (Lipinski definition) is 0. The van der Waals surface area contributed by atoms with E-state index in [1.54, 1.807) is 11.8 Å². The number of thioether (sulfide) groups is 1. The highest BCUT2D eigenvalue weighted by atomic mass is 32.2. The van der Waals surface area contributed by atoms with E-state index in [0.717, 1.165) is 13.1 Å². The van der Waals surface area contributed by atoms with Crippen molar-refractivity contribution in [2.45, 2.75) is 16.7 Å². The third-order valence-corrected chi connectivity index (χ3v) is 4.39. The Kier molecular flexibility index (Phi) is 3.56.